The van der Waals surface area contributed by atoms with E-state index in [4.69, 9.17) is 4.74 Å². The third kappa shape index (κ3) is 5.40. The number of halogens is 4. The number of pyridine rings is 1. The monoisotopic (exact) mass is 453 g/mol. The lowest BCUT2D eigenvalue weighted by molar-refractivity contribution is 0.184. The van der Waals surface area contributed by atoms with Crippen molar-refractivity contribution in [1.29, 1.82) is 0 Å². The Kier molecular flexibility index (Phi) is 7.04. The van der Waals surface area contributed by atoms with Gasteiger partial charge in [0, 0.05) is 24.4 Å². The number of hydrogen-bond donors (Lipinski definition) is 0. The van der Waals surface area contributed by atoms with Crippen LogP contribution in [0.15, 0.2) is 60.8 Å². The second kappa shape index (κ2) is 10.1. The molecule has 0 saturated carbocycles. The van der Waals surface area contributed by atoms with Crippen LogP contribution in [0.4, 0.5) is 17.6 Å². The number of aromatic nitrogens is 1. The fourth-order valence-electron chi connectivity index (χ4n) is 3.89. The van der Waals surface area contributed by atoms with Crippen LogP contribution in [-0.4, -0.2) is 12.1 Å². The van der Waals surface area contributed by atoms with Crippen molar-refractivity contribution in [1.82, 2.24) is 4.98 Å². The predicted molar refractivity (Wildman–Crippen MR) is 120 cm³/mol. The van der Waals surface area contributed by atoms with Gasteiger partial charge in [-0.05, 0) is 71.5 Å². The van der Waals surface area contributed by atoms with E-state index in [1.807, 2.05) is 36.5 Å². The van der Waals surface area contributed by atoms with E-state index in [1.54, 1.807) is 19.2 Å². The molecule has 2 nitrogen and oxygen atoms in total. The van der Waals surface area contributed by atoms with Crippen molar-refractivity contribution in [2.75, 3.05) is 7.11 Å². The van der Waals surface area contributed by atoms with Gasteiger partial charge in [0.1, 0.15) is 5.82 Å². The molecule has 0 atom stereocenters. The van der Waals surface area contributed by atoms with Gasteiger partial charge in [0.05, 0.1) is 6.61 Å². The minimum atomic E-state index is -1.50. The Hall–Kier alpha value is -3.25. The molecule has 0 aliphatic heterocycles. The molecule has 0 radical (unpaired) electrons. The van der Waals surface area contributed by atoms with Gasteiger partial charge in [-0.2, -0.15) is 0 Å². The first-order valence-corrected chi connectivity index (χ1v) is 10.7. The lowest BCUT2D eigenvalue weighted by atomic mass is 9.97. The highest BCUT2D eigenvalue weighted by Gasteiger charge is 2.13. The molecule has 3 aromatic carbocycles. The third-order valence-electron chi connectivity index (χ3n) is 5.69. The molecule has 0 N–H and O–H groups in total. The van der Waals surface area contributed by atoms with Gasteiger partial charge in [0.2, 0.25) is 0 Å². The van der Waals surface area contributed by atoms with E-state index < -0.39 is 17.5 Å². The van der Waals surface area contributed by atoms with E-state index in [1.165, 1.54) is 0 Å². The van der Waals surface area contributed by atoms with Crippen molar-refractivity contribution < 1.29 is 22.3 Å². The number of rotatable bonds is 8. The van der Waals surface area contributed by atoms with Gasteiger partial charge in [-0.25, -0.2) is 17.6 Å². The topological polar surface area (TPSA) is 22.1 Å². The summed E-state index contributed by atoms with van der Waals surface area (Å²) in [5, 5.41) is 1.28. The van der Waals surface area contributed by atoms with Crippen LogP contribution in [0, 0.1) is 23.3 Å². The second-order valence-corrected chi connectivity index (χ2v) is 8.06. The third-order valence-corrected chi connectivity index (χ3v) is 5.69. The molecule has 1 aromatic heterocycles. The van der Waals surface area contributed by atoms with Crippen LogP contribution in [0.3, 0.4) is 0 Å². The molecule has 1 heterocycles. The van der Waals surface area contributed by atoms with Crippen LogP contribution in [0.25, 0.3) is 10.8 Å². The lowest BCUT2D eigenvalue weighted by Crippen LogP contribution is -2.00. The molecule has 0 fully saturated rings. The molecule has 6 heteroatoms. The Bertz CT molecular complexity index is 1250. The summed E-state index contributed by atoms with van der Waals surface area (Å²) in [7, 11) is 1.65. The van der Waals surface area contributed by atoms with Gasteiger partial charge >= 0.3 is 0 Å². The second-order valence-electron chi connectivity index (χ2n) is 8.06. The first kappa shape index (κ1) is 22.9. The zero-order valence-corrected chi connectivity index (χ0v) is 18.2. The maximum absolute atomic E-state index is 15.0. The molecule has 0 saturated heterocycles. The summed E-state index contributed by atoms with van der Waals surface area (Å²) in [5.41, 5.74) is 3.80. The van der Waals surface area contributed by atoms with Gasteiger partial charge in [0.25, 0.3) is 0 Å². The Morgan fingerprint density at radius 2 is 1.42 bits per heavy atom. The smallest absolute Gasteiger partial charge is 0.194 e. The molecule has 0 aliphatic carbocycles. The molecular weight excluding hydrogens is 430 g/mol. The standard InChI is InChI=1S/C27H23F4NO/c1-33-16-19-4-10-22(32-15-19)9-3-17-5-11-23-21(12-17)8-7-20(26(23)30)6-2-18-13-24(28)27(31)25(29)14-18/h4-5,7-8,10-15H,2-3,6,9,16H2,1H3. The van der Waals surface area contributed by atoms with Gasteiger partial charge in [-0.3, -0.25) is 4.98 Å². The zero-order chi connectivity index (χ0) is 23.4. The average Bonchev–Trinajstić information content (AvgIpc) is 2.82. The first-order chi connectivity index (χ1) is 15.9. The summed E-state index contributed by atoms with van der Waals surface area (Å²) in [6, 6.07) is 15.0. The minimum absolute atomic E-state index is 0.199. The van der Waals surface area contributed by atoms with Gasteiger partial charge < -0.3 is 4.74 Å². The Balaban J connectivity index is 1.44. The fourth-order valence-corrected chi connectivity index (χ4v) is 3.89. The molecule has 0 unspecified atom stereocenters. The van der Waals surface area contributed by atoms with E-state index in [0.29, 0.717) is 17.6 Å². The molecule has 170 valence electrons. The Morgan fingerprint density at radius 1 is 0.697 bits per heavy atom. The molecule has 0 amide bonds. The molecule has 0 spiro atoms. The van der Waals surface area contributed by atoms with Crippen molar-refractivity contribution in [3.05, 3.63) is 112 Å². The van der Waals surface area contributed by atoms with E-state index in [9.17, 15) is 13.2 Å². The Morgan fingerprint density at radius 3 is 2.12 bits per heavy atom. The Labute approximate surface area is 189 Å². The summed E-state index contributed by atoms with van der Waals surface area (Å²) in [6.07, 6.45) is 3.80. The highest BCUT2D eigenvalue weighted by molar-refractivity contribution is 5.84. The fraction of sp³-hybridized carbons (Fsp3) is 0.222. The number of aryl methyl sites for hydroxylation is 4. The summed E-state index contributed by atoms with van der Waals surface area (Å²) in [5.74, 6) is -4.32. The van der Waals surface area contributed by atoms with Crippen molar-refractivity contribution in [3.8, 4) is 0 Å². The predicted octanol–water partition coefficient (Wildman–Crippen LogP) is 6.51. The molecule has 0 aliphatic rings. The van der Waals surface area contributed by atoms with Crippen LogP contribution >= 0.6 is 0 Å². The van der Waals surface area contributed by atoms with Gasteiger partial charge in [0.15, 0.2) is 17.5 Å². The van der Waals surface area contributed by atoms with E-state index in [-0.39, 0.29) is 24.2 Å². The summed E-state index contributed by atoms with van der Waals surface area (Å²) in [6.45, 7) is 0.531. The first-order valence-electron chi connectivity index (χ1n) is 10.7. The molecule has 33 heavy (non-hydrogen) atoms. The van der Waals surface area contributed by atoms with Crippen LogP contribution in [0.2, 0.25) is 0 Å². The highest BCUT2D eigenvalue weighted by atomic mass is 19.2. The number of hydrogen-bond acceptors (Lipinski definition) is 2. The van der Waals surface area contributed by atoms with Crippen molar-refractivity contribution >= 4 is 10.8 Å². The number of benzene rings is 3. The largest absolute Gasteiger partial charge is 0.380 e. The molecule has 4 rings (SSSR count). The summed E-state index contributed by atoms with van der Waals surface area (Å²) < 4.78 is 60.1. The maximum Gasteiger partial charge on any atom is 0.194 e. The van der Waals surface area contributed by atoms with Crippen molar-refractivity contribution in [2.45, 2.75) is 32.3 Å². The molecule has 0 bridgehead atoms. The van der Waals surface area contributed by atoms with Crippen LogP contribution in [0.5, 0.6) is 0 Å². The SMILES string of the molecule is COCc1ccc(CCc2ccc3c(F)c(CCc4cc(F)c(F)c(F)c4)ccc3c2)nc1. The van der Waals surface area contributed by atoms with Crippen molar-refractivity contribution in [3.63, 3.8) is 0 Å². The van der Waals surface area contributed by atoms with Crippen LogP contribution in [-0.2, 0) is 37.0 Å². The highest BCUT2D eigenvalue weighted by Crippen LogP contribution is 2.25. The van der Waals surface area contributed by atoms with Gasteiger partial charge in [-0.15, -0.1) is 0 Å². The summed E-state index contributed by atoms with van der Waals surface area (Å²) >= 11 is 0. The molecule has 4 aromatic rings. The number of methoxy groups -OCH3 is 1. The normalized spacial score (nSPS) is 11.3. The zero-order valence-electron chi connectivity index (χ0n) is 18.2. The van der Waals surface area contributed by atoms with E-state index in [0.717, 1.165) is 47.2 Å². The number of nitrogens with zero attached hydrogens (tertiary/aromatic N) is 1. The maximum atomic E-state index is 15.0. The molecular formula is C27H23F4NO. The summed E-state index contributed by atoms with van der Waals surface area (Å²) in [4.78, 5) is 4.45. The lowest BCUT2D eigenvalue weighted by Gasteiger charge is -2.09. The van der Waals surface area contributed by atoms with Crippen LogP contribution < -0.4 is 0 Å². The van der Waals surface area contributed by atoms with E-state index >= 15 is 4.39 Å². The average molecular weight is 453 g/mol. The number of ether oxygens (including phenoxy) is 1. The van der Waals surface area contributed by atoms with Crippen molar-refractivity contribution in [2.24, 2.45) is 0 Å². The van der Waals surface area contributed by atoms with Gasteiger partial charge in [-0.1, -0.05) is 36.4 Å². The van der Waals surface area contributed by atoms with E-state index in [2.05, 4.69) is 4.98 Å². The number of fused-ring (bicyclic) bond motifs is 1. The quantitative estimate of drug-likeness (QED) is 0.224. The minimum Gasteiger partial charge on any atom is -0.380 e. The van der Waals surface area contributed by atoms with Crippen LogP contribution in [0.1, 0.15) is 27.9 Å².